The topological polar surface area (TPSA) is 87.7 Å². The number of carbonyl (C=O) groups is 1. The Balaban J connectivity index is 2.50. The summed E-state index contributed by atoms with van der Waals surface area (Å²) in [5, 5.41) is 8.59. The van der Waals surface area contributed by atoms with E-state index in [2.05, 4.69) is 10.4 Å². The number of nitrogens with two attached hydrogens (primary N) is 1. The van der Waals surface area contributed by atoms with Gasteiger partial charge >= 0.3 is 5.97 Å². The first-order valence-corrected chi connectivity index (χ1v) is 3.90. The Hall–Kier alpha value is -1.10. The Morgan fingerprint density at radius 1 is 1.75 bits per heavy atom. The molecule has 1 aliphatic carbocycles. The van der Waals surface area contributed by atoms with Crippen molar-refractivity contribution in [3.8, 4) is 0 Å². The molecule has 1 rings (SSSR count). The second-order valence-electron chi connectivity index (χ2n) is 3.07. The second-order valence-corrected chi connectivity index (χ2v) is 3.07. The van der Waals surface area contributed by atoms with Gasteiger partial charge in [-0.15, -0.1) is 0 Å². The summed E-state index contributed by atoms with van der Waals surface area (Å²) in [5.74, 6) is 4.20. The van der Waals surface area contributed by atoms with Crippen LogP contribution in [0.2, 0.25) is 0 Å². The third kappa shape index (κ3) is 1.94. The van der Waals surface area contributed by atoms with Crippen molar-refractivity contribution in [2.75, 3.05) is 0 Å². The standard InChI is InChI=1S/C7H13N3O2/c8-10-5-9-7(2-1-3-7)4-6(11)12/h5H,1-4,8H2,(H,9,10)(H,11,12). The van der Waals surface area contributed by atoms with E-state index in [1.54, 1.807) is 0 Å². The third-order valence-corrected chi connectivity index (χ3v) is 2.18. The van der Waals surface area contributed by atoms with E-state index in [1.165, 1.54) is 6.34 Å². The molecule has 0 atom stereocenters. The van der Waals surface area contributed by atoms with Crippen molar-refractivity contribution in [2.45, 2.75) is 31.2 Å². The molecule has 0 unspecified atom stereocenters. The molecule has 4 N–H and O–H groups in total. The summed E-state index contributed by atoms with van der Waals surface area (Å²) in [5.41, 5.74) is 1.90. The molecule has 5 heteroatoms. The van der Waals surface area contributed by atoms with Gasteiger partial charge in [0, 0.05) is 0 Å². The molecule has 1 aliphatic rings. The Morgan fingerprint density at radius 3 is 2.75 bits per heavy atom. The van der Waals surface area contributed by atoms with Gasteiger partial charge in [-0.05, 0) is 19.3 Å². The Morgan fingerprint density at radius 2 is 2.42 bits per heavy atom. The number of hydrogen-bond acceptors (Lipinski definition) is 3. The van der Waals surface area contributed by atoms with E-state index in [0.717, 1.165) is 19.3 Å². The molecule has 0 aromatic carbocycles. The van der Waals surface area contributed by atoms with Crippen LogP contribution in [0.1, 0.15) is 25.7 Å². The van der Waals surface area contributed by atoms with Crippen LogP contribution in [0.3, 0.4) is 0 Å². The molecule has 0 spiro atoms. The van der Waals surface area contributed by atoms with E-state index in [-0.39, 0.29) is 12.0 Å². The van der Waals surface area contributed by atoms with E-state index in [4.69, 9.17) is 10.9 Å². The summed E-state index contributed by atoms with van der Waals surface area (Å²) in [6.45, 7) is 0. The second kappa shape index (κ2) is 3.53. The van der Waals surface area contributed by atoms with Crippen LogP contribution in [-0.2, 0) is 4.79 Å². The molecule has 12 heavy (non-hydrogen) atoms. The highest BCUT2D eigenvalue weighted by Gasteiger charge is 2.38. The minimum atomic E-state index is -0.802. The summed E-state index contributed by atoms with van der Waals surface area (Å²) in [6, 6.07) is 0. The van der Waals surface area contributed by atoms with Crippen molar-refractivity contribution < 1.29 is 9.90 Å². The average Bonchev–Trinajstić information content (AvgIpc) is 1.94. The first kappa shape index (κ1) is 8.99. The van der Waals surface area contributed by atoms with Gasteiger partial charge in [0.1, 0.15) is 0 Å². The number of hydrazine groups is 1. The minimum Gasteiger partial charge on any atom is -0.481 e. The lowest BCUT2D eigenvalue weighted by molar-refractivity contribution is -0.139. The maximum atomic E-state index is 10.4. The highest BCUT2D eigenvalue weighted by molar-refractivity contribution is 5.69. The summed E-state index contributed by atoms with van der Waals surface area (Å²) in [4.78, 5) is 14.5. The molecule has 0 aromatic heterocycles. The van der Waals surface area contributed by atoms with E-state index >= 15 is 0 Å². The molecular weight excluding hydrogens is 158 g/mol. The van der Waals surface area contributed by atoms with Crippen LogP contribution >= 0.6 is 0 Å². The average molecular weight is 171 g/mol. The van der Waals surface area contributed by atoms with Crippen molar-refractivity contribution >= 4 is 12.3 Å². The largest absolute Gasteiger partial charge is 0.481 e. The number of hydrogen-bond donors (Lipinski definition) is 3. The van der Waals surface area contributed by atoms with Gasteiger partial charge in [-0.3, -0.25) is 9.79 Å². The van der Waals surface area contributed by atoms with Gasteiger partial charge in [-0.1, -0.05) is 0 Å². The Labute approximate surface area is 70.6 Å². The number of aliphatic imine (C=N–C) groups is 1. The van der Waals surface area contributed by atoms with Crippen LogP contribution in [-0.4, -0.2) is 23.0 Å². The molecule has 0 aliphatic heterocycles. The Bertz CT molecular complexity index is 199. The van der Waals surface area contributed by atoms with Gasteiger partial charge < -0.3 is 10.5 Å². The first-order valence-electron chi connectivity index (χ1n) is 3.90. The highest BCUT2D eigenvalue weighted by atomic mass is 16.4. The number of carboxylic acids is 1. The summed E-state index contributed by atoms with van der Waals surface area (Å²) < 4.78 is 0. The minimum absolute atomic E-state index is 0.102. The molecule has 1 fully saturated rings. The van der Waals surface area contributed by atoms with Crippen LogP contribution in [0.5, 0.6) is 0 Å². The summed E-state index contributed by atoms with van der Waals surface area (Å²) in [6.07, 6.45) is 4.21. The molecule has 5 nitrogen and oxygen atoms in total. The maximum absolute atomic E-state index is 10.4. The predicted molar refractivity (Wildman–Crippen MR) is 44.6 cm³/mol. The van der Waals surface area contributed by atoms with Crippen molar-refractivity contribution in [3.63, 3.8) is 0 Å². The lowest BCUT2D eigenvalue weighted by atomic mass is 9.75. The zero-order valence-corrected chi connectivity index (χ0v) is 6.79. The molecule has 0 aromatic rings. The predicted octanol–water partition coefficient (Wildman–Crippen LogP) is -0.125. The van der Waals surface area contributed by atoms with Crippen LogP contribution < -0.4 is 11.3 Å². The summed E-state index contributed by atoms with van der Waals surface area (Å²) >= 11 is 0. The van der Waals surface area contributed by atoms with E-state index < -0.39 is 5.97 Å². The van der Waals surface area contributed by atoms with Crippen LogP contribution in [0.15, 0.2) is 4.99 Å². The quantitative estimate of drug-likeness (QED) is 0.238. The highest BCUT2D eigenvalue weighted by Crippen LogP contribution is 2.38. The van der Waals surface area contributed by atoms with Gasteiger partial charge in [-0.2, -0.15) is 0 Å². The van der Waals surface area contributed by atoms with Crippen LogP contribution in [0.25, 0.3) is 0 Å². The summed E-state index contributed by atoms with van der Waals surface area (Å²) in [7, 11) is 0. The molecule has 0 radical (unpaired) electrons. The number of aliphatic carboxylic acids is 1. The van der Waals surface area contributed by atoms with E-state index in [9.17, 15) is 4.79 Å². The fourth-order valence-electron chi connectivity index (χ4n) is 1.39. The number of nitrogens with one attached hydrogen (secondary N) is 1. The molecule has 0 amide bonds. The maximum Gasteiger partial charge on any atom is 0.305 e. The van der Waals surface area contributed by atoms with Crippen molar-refractivity contribution in [1.29, 1.82) is 0 Å². The van der Waals surface area contributed by atoms with Crippen LogP contribution in [0.4, 0.5) is 0 Å². The molecule has 0 saturated heterocycles. The van der Waals surface area contributed by atoms with Gasteiger partial charge in [-0.25, -0.2) is 5.84 Å². The van der Waals surface area contributed by atoms with Gasteiger partial charge in [0.15, 0.2) is 0 Å². The molecule has 68 valence electrons. The SMILES string of the molecule is NNC=NC1(CC(=O)O)CCC1. The Kier molecular flexibility index (Phi) is 2.65. The molecule has 0 heterocycles. The van der Waals surface area contributed by atoms with Gasteiger partial charge in [0.05, 0.1) is 18.3 Å². The zero-order chi connectivity index (χ0) is 9.03. The molecule has 1 saturated carbocycles. The fourth-order valence-corrected chi connectivity index (χ4v) is 1.39. The monoisotopic (exact) mass is 171 g/mol. The number of carboxylic acid groups (broad SMARTS) is 1. The van der Waals surface area contributed by atoms with Crippen molar-refractivity contribution in [3.05, 3.63) is 0 Å². The van der Waals surface area contributed by atoms with Crippen molar-refractivity contribution in [2.24, 2.45) is 10.8 Å². The van der Waals surface area contributed by atoms with Crippen LogP contribution in [0, 0.1) is 0 Å². The zero-order valence-electron chi connectivity index (χ0n) is 6.79. The lowest BCUT2D eigenvalue weighted by Crippen LogP contribution is -2.38. The lowest BCUT2D eigenvalue weighted by Gasteiger charge is -2.36. The van der Waals surface area contributed by atoms with E-state index in [0.29, 0.717) is 0 Å². The third-order valence-electron chi connectivity index (χ3n) is 2.18. The normalized spacial score (nSPS) is 20.4. The number of rotatable bonds is 4. The number of nitrogens with zero attached hydrogens (tertiary/aromatic N) is 1. The molecular formula is C7H13N3O2. The van der Waals surface area contributed by atoms with Gasteiger partial charge in [0.25, 0.3) is 0 Å². The first-order chi connectivity index (χ1) is 5.68. The fraction of sp³-hybridized carbons (Fsp3) is 0.714. The van der Waals surface area contributed by atoms with Crippen molar-refractivity contribution in [1.82, 2.24) is 5.43 Å². The smallest absolute Gasteiger partial charge is 0.305 e. The van der Waals surface area contributed by atoms with E-state index in [1.807, 2.05) is 0 Å². The van der Waals surface area contributed by atoms with Gasteiger partial charge in [0.2, 0.25) is 0 Å². The molecule has 0 bridgehead atoms.